The maximum Gasteiger partial charge on any atom is 0.307 e. The number of esters is 1. The number of hydrogen-bond donors (Lipinski definition) is 1. The van der Waals surface area contributed by atoms with Crippen LogP contribution in [0.15, 0.2) is 0 Å². The van der Waals surface area contributed by atoms with Gasteiger partial charge < -0.3 is 9.84 Å². The average molecular weight is 385 g/mol. The van der Waals surface area contributed by atoms with Crippen molar-refractivity contribution in [3.8, 4) is 0 Å². The average Bonchev–Trinajstić information content (AvgIpc) is 2.62. The van der Waals surface area contributed by atoms with Crippen molar-refractivity contribution in [2.75, 3.05) is 0 Å². The molecule has 1 atom stereocenters. The molecule has 0 amide bonds. The molecule has 0 heterocycles. The summed E-state index contributed by atoms with van der Waals surface area (Å²) in [5.74, 6) is -1.12. The van der Waals surface area contributed by atoms with Crippen molar-refractivity contribution < 1.29 is 19.4 Å². The van der Waals surface area contributed by atoms with Gasteiger partial charge in [0.15, 0.2) is 0 Å². The van der Waals surface area contributed by atoms with E-state index in [1.165, 1.54) is 70.6 Å². The highest BCUT2D eigenvalue weighted by Gasteiger charge is 2.17. The van der Waals surface area contributed by atoms with E-state index in [9.17, 15) is 9.59 Å². The van der Waals surface area contributed by atoms with Crippen LogP contribution >= 0.6 is 0 Å². The number of carbonyl (C=O) groups excluding carboxylic acids is 1. The maximum atomic E-state index is 12.0. The van der Waals surface area contributed by atoms with Crippen LogP contribution in [-0.4, -0.2) is 23.1 Å². The summed E-state index contributed by atoms with van der Waals surface area (Å²) in [6, 6.07) is 0. The molecule has 0 saturated heterocycles. The summed E-state index contributed by atoms with van der Waals surface area (Å²) < 4.78 is 5.43. The highest BCUT2D eigenvalue weighted by atomic mass is 16.5. The molecule has 27 heavy (non-hydrogen) atoms. The van der Waals surface area contributed by atoms with Gasteiger partial charge in [-0.25, -0.2) is 0 Å². The molecule has 0 bridgehead atoms. The van der Waals surface area contributed by atoms with Crippen LogP contribution < -0.4 is 0 Å². The molecule has 0 aliphatic heterocycles. The number of carbonyl (C=O) groups is 2. The van der Waals surface area contributed by atoms with Crippen molar-refractivity contribution in [3.63, 3.8) is 0 Å². The van der Waals surface area contributed by atoms with Crippen LogP contribution in [0.3, 0.4) is 0 Å². The van der Waals surface area contributed by atoms with Gasteiger partial charge in [0.25, 0.3) is 0 Å². The molecular weight excluding hydrogens is 340 g/mol. The first-order valence-corrected chi connectivity index (χ1v) is 11.5. The fraction of sp³-hybridized carbons (Fsp3) is 0.913. The van der Waals surface area contributed by atoms with Crippen molar-refractivity contribution in [2.24, 2.45) is 0 Å². The number of unbranched alkanes of at least 4 members (excludes halogenated alkanes) is 13. The third kappa shape index (κ3) is 19.5. The Labute approximate surface area is 167 Å². The molecule has 0 spiro atoms. The Balaban J connectivity index is 3.72. The van der Waals surface area contributed by atoms with Crippen molar-refractivity contribution in [1.29, 1.82) is 0 Å². The zero-order valence-corrected chi connectivity index (χ0v) is 18.0. The van der Waals surface area contributed by atoms with Crippen LogP contribution in [0.25, 0.3) is 0 Å². The van der Waals surface area contributed by atoms with Gasteiger partial charge in [0.2, 0.25) is 0 Å². The predicted molar refractivity (Wildman–Crippen MR) is 112 cm³/mol. The molecule has 0 aromatic carbocycles. The largest absolute Gasteiger partial charge is 0.481 e. The molecule has 0 radical (unpaired) electrons. The van der Waals surface area contributed by atoms with Gasteiger partial charge in [0, 0.05) is 6.42 Å². The summed E-state index contributed by atoms with van der Waals surface area (Å²) in [6.45, 7) is 4.41. The van der Waals surface area contributed by atoms with Crippen molar-refractivity contribution in [3.05, 3.63) is 0 Å². The van der Waals surface area contributed by atoms with E-state index < -0.39 is 12.1 Å². The van der Waals surface area contributed by atoms with Crippen LogP contribution in [-0.2, 0) is 14.3 Å². The topological polar surface area (TPSA) is 63.6 Å². The lowest BCUT2D eigenvalue weighted by molar-refractivity contribution is -0.153. The molecule has 0 fully saturated rings. The first-order chi connectivity index (χ1) is 13.1. The lowest BCUT2D eigenvalue weighted by Crippen LogP contribution is -2.21. The Morgan fingerprint density at radius 3 is 1.63 bits per heavy atom. The van der Waals surface area contributed by atoms with E-state index in [4.69, 9.17) is 9.84 Å². The summed E-state index contributed by atoms with van der Waals surface area (Å²) >= 11 is 0. The molecule has 4 heteroatoms. The number of rotatable bonds is 20. The van der Waals surface area contributed by atoms with E-state index in [0.717, 1.165) is 25.7 Å². The van der Waals surface area contributed by atoms with Gasteiger partial charge in [-0.05, 0) is 19.3 Å². The minimum absolute atomic E-state index is 0.0719. The molecule has 160 valence electrons. The summed E-state index contributed by atoms with van der Waals surface area (Å²) in [6.07, 6.45) is 18.5. The Morgan fingerprint density at radius 1 is 0.704 bits per heavy atom. The van der Waals surface area contributed by atoms with Crippen molar-refractivity contribution in [1.82, 2.24) is 0 Å². The zero-order chi connectivity index (χ0) is 20.2. The highest BCUT2D eigenvalue weighted by molar-refractivity contribution is 5.71. The van der Waals surface area contributed by atoms with Gasteiger partial charge in [-0.3, -0.25) is 9.59 Å². The van der Waals surface area contributed by atoms with E-state index in [2.05, 4.69) is 13.8 Å². The third-order valence-corrected chi connectivity index (χ3v) is 5.06. The van der Waals surface area contributed by atoms with Crippen molar-refractivity contribution >= 4 is 11.9 Å². The Morgan fingerprint density at radius 2 is 1.15 bits per heavy atom. The SMILES string of the molecule is CCCCCCCCCCCCC(=O)OC(CCCCCCC)CC(=O)O. The molecule has 1 unspecified atom stereocenters. The standard InChI is InChI=1S/C23H44O4/c1-3-5-7-9-10-11-12-13-15-17-19-23(26)27-21(20-22(24)25)18-16-14-8-6-4-2/h21H,3-20H2,1-2H3,(H,24,25). The van der Waals surface area contributed by atoms with E-state index in [1.54, 1.807) is 0 Å². The molecule has 1 N–H and O–H groups in total. The van der Waals surface area contributed by atoms with Crippen LogP contribution in [0.4, 0.5) is 0 Å². The first kappa shape index (κ1) is 25.9. The number of carboxylic acids is 1. The van der Waals surface area contributed by atoms with Crippen LogP contribution in [0, 0.1) is 0 Å². The highest BCUT2D eigenvalue weighted by Crippen LogP contribution is 2.15. The summed E-state index contributed by atoms with van der Waals surface area (Å²) in [4.78, 5) is 23.0. The zero-order valence-electron chi connectivity index (χ0n) is 18.0. The summed E-state index contributed by atoms with van der Waals surface area (Å²) in [5, 5.41) is 9.01. The van der Waals surface area contributed by atoms with Crippen LogP contribution in [0.2, 0.25) is 0 Å². The van der Waals surface area contributed by atoms with E-state index >= 15 is 0 Å². The lowest BCUT2D eigenvalue weighted by Gasteiger charge is -2.16. The molecule has 0 aliphatic rings. The minimum Gasteiger partial charge on any atom is -0.481 e. The first-order valence-electron chi connectivity index (χ1n) is 11.5. The van der Waals surface area contributed by atoms with Gasteiger partial charge in [0.1, 0.15) is 6.10 Å². The Kier molecular flexibility index (Phi) is 18.9. The molecule has 0 aliphatic carbocycles. The van der Waals surface area contributed by atoms with Gasteiger partial charge in [-0.15, -0.1) is 0 Å². The normalized spacial score (nSPS) is 12.1. The smallest absolute Gasteiger partial charge is 0.307 e. The molecule has 4 nitrogen and oxygen atoms in total. The molecular formula is C23H44O4. The second kappa shape index (κ2) is 19.7. The van der Waals surface area contributed by atoms with Crippen LogP contribution in [0.1, 0.15) is 129 Å². The van der Waals surface area contributed by atoms with Crippen molar-refractivity contribution in [2.45, 2.75) is 136 Å². The number of ether oxygens (including phenoxy) is 1. The Hall–Kier alpha value is -1.06. The van der Waals surface area contributed by atoms with E-state index in [-0.39, 0.29) is 12.4 Å². The monoisotopic (exact) mass is 384 g/mol. The van der Waals surface area contributed by atoms with Gasteiger partial charge in [-0.2, -0.15) is 0 Å². The fourth-order valence-corrected chi connectivity index (χ4v) is 3.37. The van der Waals surface area contributed by atoms with Crippen LogP contribution in [0.5, 0.6) is 0 Å². The number of hydrogen-bond acceptors (Lipinski definition) is 3. The second-order valence-corrected chi connectivity index (χ2v) is 7.84. The quantitative estimate of drug-likeness (QED) is 0.180. The molecule has 0 aromatic heterocycles. The van der Waals surface area contributed by atoms with Gasteiger partial charge in [-0.1, -0.05) is 97.3 Å². The maximum absolute atomic E-state index is 12.0. The van der Waals surface area contributed by atoms with Gasteiger partial charge in [0.05, 0.1) is 6.42 Å². The molecule has 0 saturated carbocycles. The lowest BCUT2D eigenvalue weighted by atomic mass is 10.1. The van der Waals surface area contributed by atoms with Gasteiger partial charge >= 0.3 is 11.9 Å². The summed E-state index contributed by atoms with van der Waals surface area (Å²) in [7, 11) is 0. The molecule has 0 rings (SSSR count). The Bertz CT molecular complexity index is 354. The minimum atomic E-state index is -0.889. The fourth-order valence-electron chi connectivity index (χ4n) is 3.37. The summed E-state index contributed by atoms with van der Waals surface area (Å²) in [5.41, 5.74) is 0. The number of aliphatic carboxylic acids is 1. The second-order valence-electron chi connectivity index (χ2n) is 7.84. The van der Waals surface area contributed by atoms with E-state index in [1.807, 2.05) is 0 Å². The predicted octanol–water partition coefficient (Wildman–Crippen LogP) is 7.04. The van der Waals surface area contributed by atoms with E-state index in [0.29, 0.717) is 12.8 Å². The molecule has 0 aromatic rings. The third-order valence-electron chi connectivity index (χ3n) is 5.06. The number of carboxylic acid groups (broad SMARTS) is 1.